The summed E-state index contributed by atoms with van der Waals surface area (Å²) in [6.07, 6.45) is 8.55. The van der Waals surface area contributed by atoms with Gasteiger partial charge in [0.15, 0.2) is 0 Å². The van der Waals surface area contributed by atoms with E-state index in [0.717, 1.165) is 6.04 Å². The van der Waals surface area contributed by atoms with Gasteiger partial charge >= 0.3 is 0 Å². The van der Waals surface area contributed by atoms with Crippen LogP contribution in [0.4, 0.5) is 0 Å². The van der Waals surface area contributed by atoms with E-state index < -0.39 is 0 Å². The SMILES string of the molecule is c1ccc2c(c1)CN(CC1(CNC3CC3)CCCC1)C2. The maximum atomic E-state index is 3.81. The van der Waals surface area contributed by atoms with Gasteiger partial charge in [0.2, 0.25) is 0 Å². The molecule has 108 valence electrons. The number of hydrogen-bond donors (Lipinski definition) is 1. The summed E-state index contributed by atoms with van der Waals surface area (Å²) in [6, 6.07) is 9.83. The molecule has 0 atom stereocenters. The predicted molar refractivity (Wildman–Crippen MR) is 82.5 cm³/mol. The van der Waals surface area contributed by atoms with Crippen LogP contribution in [0.2, 0.25) is 0 Å². The van der Waals surface area contributed by atoms with Gasteiger partial charge in [0.1, 0.15) is 0 Å². The van der Waals surface area contributed by atoms with E-state index in [1.807, 2.05) is 0 Å². The molecule has 2 saturated carbocycles. The first-order chi connectivity index (χ1) is 9.83. The lowest BCUT2D eigenvalue weighted by molar-refractivity contribution is 0.148. The van der Waals surface area contributed by atoms with Gasteiger partial charge in [-0.25, -0.2) is 0 Å². The van der Waals surface area contributed by atoms with E-state index in [4.69, 9.17) is 0 Å². The summed E-state index contributed by atoms with van der Waals surface area (Å²) < 4.78 is 0. The molecule has 3 aliphatic rings. The highest BCUT2D eigenvalue weighted by molar-refractivity contribution is 5.30. The van der Waals surface area contributed by atoms with E-state index in [1.165, 1.54) is 64.7 Å². The Morgan fingerprint density at radius 1 is 1.05 bits per heavy atom. The van der Waals surface area contributed by atoms with E-state index >= 15 is 0 Å². The molecule has 1 aromatic carbocycles. The van der Waals surface area contributed by atoms with Crippen molar-refractivity contribution < 1.29 is 0 Å². The van der Waals surface area contributed by atoms with Gasteiger partial charge in [-0.3, -0.25) is 4.90 Å². The van der Waals surface area contributed by atoms with Gasteiger partial charge in [-0.15, -0.1) is 0 Å². The molecule has 1 aliphatic heterocycles. The van der Waals surface area contributed by atoms with Crippen molar-refractivity contribution in [2.75, 3.05) is 13.1 Å². The van der Waals surface area contributed by atoms with Gasteiger partial charge in [0.05, 0.1) is 0 Å². The third-order valence-electron chi connectivity index (χ3n) is 5.47. The predicted octanol–water partition coefficient (Wildman–Crippen LogP) is 3.31. The maximum Gasteiger partial charge on any atom is 0.0240 e. The standard InChI is InChI=1S/C18H26N2/c1-2-6-16-12-20(11-15(16)5-1)14-18(9-3-4-10-18)13-19-17-7-8-17/h1-2,5-6,17,19H,3-4,7-14H2. The molecule has 0 radical (unpaired) electrons. The molecule has 0 bridgehead atoms. The van der Waals surface area contributed by atoms with Crippen molar-refractivity contribution >= 4 is 0 Å². The first-order valence-electron chi connectivity index (χ1n) is 8.36. The number of fused-ring (bicyclic) bond motifs is 1. The Kier molecular flexibility index (Phi) is 3.31. The Labute approximate surface area is 122 Å². The van der Waals surface area contributed by atoms with Crippen molar-refractivity contribution in [3.8, 4) is 0 Å². The summed E-state index contributed by atoms with van der Waals surface area (Å²) in [5, 5.41) is 3.81. The number of benzene rings is 1. The van der Waals surface area contributed by atoms with Crippen molar-refractivity contribution in [1.82, 2.24) is 10.2 Å². The summed E-state index contributed by atoms with van der Waals surface area (Å²) in [6.45, 7) is 4.88. The molecule has 0 aromatic heterocycles. The van der Waals surface area contributed by atoms with E-state index in [1.54, 1.807) is 11.1 Å². The zero-order chi connectivity index (χ0) is 13.4. The van der Waals surface area contributed by atoms with Crippen LogP contribution in [0.3, 0.4) is 0 Å². The van der Waals surface area contributed by atoms with Gasteiger partial charge in [-0.05, 0) is 42.2 Å². The summed E-state index contributed by atoms with van der Waals surface area (Å²) in [7, 11) is 0. The molecule has 2 nitrogen and oxygen atoms in total. The lowest BCUT2D eigenvalue weighted by Crippen LogP contribution is -2.41. The minimum atomic E-state index is 0.560. The van der Waals surface area contributed by atoms with Crippen molar-refractivity contribution in [3.63, 3.8) is 0 Å². The minimum absolute atomic E-state index is 0.560. The molecule has 20 heavy (non-hydrogen) atoms. The molecule has 4 rings (SSSR count). The highest BCUT2D eigenvalue weighted by Gasteiger charge is 2.37. The minimum Gasteiger partial charge on any atom is -0.313 e. The number of hydrogen-bond acceptors (Lipinski definition) is 2. The highest BCUT2D eigenvalue weighted by Crippen LogP contribution is 2.40. The Hall–Kier alpha value is -0.860. The second-order valence-corrected chi connectivity index (χ2v) is 7.28. The van der Waals surface area contributed by atoms with Gasteiger partial charge in [0.25, 0.3) is 0 Å². The second-order valence-electron chi connectivity index (χ2n) is 7.28. The molecular weight excluding hydrogens is 244 g/mol. The smallest absolute Gasteiger partial charge is 0.0240 e. The summed E-state index contributed by atoms with van der Waals surface area (Å²) in [5.41, 5.74) is 3.66. The zero-order valence-electron chi connectivity index (χ0n) is 12.4. The van der Waals surface area contributed by atoms with Crippen molar-refractivity contribution in [3.05, 3.63) is 35.4 Å². The zero-order valence-corrected chi connectivity index (χ0v) is 12.4. The summed E-state index contributed by atoms with van der Waals surface area (Å²) in [4.78, 5) is 2.69. The van der Waals surface area contributed by atoms with E-state index in [2.05, 4.69) is 34.5 Å². The molecule has 1 heterocycles. The molecule has 2 heteroatoms. The molecule has 0 amide bonds. The van der Waals surface area contributed by atoms with Crippen LogP contribution in [0.25, 0.3) is 0 Å². The van der Waals surface area contributed by atoms with Crippen LogP contribution in [-0.4, -0.2) is 24.0 Å². The van der Waals surface area contributed by atoms with Crippen LogP contribution < -0.4 is 5.32 Å². The average Bonchev–Trinajstić information content (AvgIpc) is 3.03. The van der Waals surface area contributed by atoms with Crippen LogP contribution in [0.15, 0.2) is 24.3 Å². The van der Waals surface area contributed by atoms with Gasteiger partial charge in [0, 0.05) is 32.2 Å². The summed E-state index contributed by atoms with van der Waals surface area (Å²) in [5.74, 6) is 0. The summed E-state index contributed by atoms with van der Waals surface area (Å²) >= 11 is 0. The quantitative estimate of drug-likeness (QED) is 0.883. The van der Waals surface area contributed by atoms with Crippen LogP contribution in [0, 0.1) is 5.41 Å². The number of rotatable bonds is 5. The Balaban J connectivity index is 1.41. The molecular formula is C18H26N2. The Morgan fingerprint density at radius 2 is 1.70 bits per heavy atom. The molecule has 2 aliphatic carbocycles. The molecule has 2 fully saturated rings. The van der Waals surface area contributed by atoms with E-state index in [-0.39, 0.29) is 0 Å². The fourth-order valence-electron chi connectivity index (χ4n) is 4.15. The maximum absolute atomic E-state index is 3.81. The monoisotopic (exact) mass is 270 g/mol. The van der Waals surface area contributed by atoms with Crippen LogP contribution >= 0.6 is 0 Å². The van der Waals surface area contributed by atoms with Gasteiger partial charge < -0.3 is 5.32 Å². The lowest BCUT2D eigenvalue weighted by atomic mass is 9.85. The average molecular weight is 270 g/mol. The Bertz CT molecular complexity index is 447. The van der Waals surface area contributed by atoms with Crippen molar-refractivity contribution in [1.29, 1.82) is 0 Å². The second kappa shape index (κ2) is 5.16. The van der Waals surface area contributed by atoms with Gasteiger partial charge in [-0.2, -0.15) is 0 Å². The first kappa shape index (κ1) is 12.8. The third kappa shape index (κ3) is 2.64. The number of nitrogens with zero attached hydrogens (tertiary/aromatic N) is 1. The largest absolute Gasteiger partial charge is 0.313 e. The highest BCUT2D eigenvalue weighted by atomic mass is 15.2. The fraction of sp³-hybridized carbons (Fsp3) is 0.667. The first-order valence-corrected chi connectivity index (χ1v) is 8.36. The van der Waals surface area contributed by atoms with Crippen LogP contribution in [0.1, 0.15) is 49.7 Å². The topological polar surface area (TPSA) is 15.3 Å². The Morgan fingerprint density at radius 3 is 2.30 bits per heavy atom. The van der Waals surface area contributed by atoms with Crippen molar-refractivity contribution in [2.24, 2.45) is 5.41 Å². The van der Waals surface area contributed by atoms with Gasteiger partial charge in [-0.1, -0.05) is 37.1 Å². The molecule has 1 N–H and O–H groups in total. The number of nitrogens with one attached hydrogen (secondary N) is 1. The van der Waals surface area contributed by atoms with Crippen LogP contribution in [-0.2, 0) is 13.1 Å². The molecule has 1 aromatic rings. The lowest BCUT2D eigenvalue weighted by Gasteiger charge is -2.34. The van der Waals surface area contributed by atoms with E-state index in [9.17, 15) is 0 Å². The van der Waals surface area contributed by atoms with Crippen LogP contribution in [0.5, 0.6) is 0 Å². The fourth-order valence-corrected chi connectivity index (χ4v) is 4.15. The molecule has 0 saturated heterocycles. The normalized spacial score (nSPS) is 25.0. The molecule has 0 spiro atoms. The van der Waals surface area contributed by atoms with Crippen molar-refractivity contribution in [2.45, 2.75) is 57.7 Å². The molecule has 0 unspecified atom stereocenters. The third-order valence-corrected chi connectivity index (χ3v) is 5.47. The van der Waals surface area contributed by atoms with E-state index in [0.29, 0.717) is 5.41 Å².